The predicted octanol–water partition coefficient (Wildman–Crippen LogP) is -0.436. The Hall–Kier alpha value is -1.98. The number of hydrogen-bond acceptors (Lipinski definition) is 3. The summed E-state index contributed by atoms with van der Waals surface area (Å²) in [6, 6.07) is 2.74. The van der Waals surface area contributed by atoms with Crippen molar-refractivity contribution in [2.75, 3.05) is 6.54 Å². The number of primary amides is 1. The van der Waals surface area contributed by atoms with Crippen molar-refractivity contribution in [1.82, 2.24) is 10.6 Å². The SMILES string of the molecule is NC(=O)NCC(=O)NCc1ccco1. The fourth-order valence-corrected chi connectivity index (χ4v) is 0.829. The van der Waals surface area contributed by atoms with Crippen molar-refractivity contribution < 1.29 is 14.0 Å². The molecule has 0 aliphatic heterocycles. The van der Waals surface area contributed by atoms with Crippen LogP contribution in [-0.4, -0.2) is 18.5 Å². The van der Waals surface area contributed by atoms with Gasteiger partial charge in [0.05, 0.1) is 19.4 Å². The van der Waals surface area contributed by atoms with Crippen LogP contribution in [0, 0.1) is 0 Å². The molecule has 1 aromatic rings. The molecule has 0 atom stereocenters. The summed E-state index contributed by atoms with van der Waals surface area (Å²) in [5.41, 5.74) is 4.78. The lowest BCUT2D eigenvalue weighted by molar-refractivity contribution is -0.120. The Kier molecular flexibility index (Phi) is 3.54. The summed E-state index contributed by atoms with van der Waals surface area (Å²) in [4.78, 5) is 21.3. The molecule has 0 aliphatic carbocycles. The first-order valence-corrected chi connectivity index (χ1v) is 4.01. The molecule has 0 aromatic carbocycles. The van der Waals surface area contributed by atoms with Gasteiger partial charge in [-0.2, -0.15) is 0 Å². The topological polar surface area (TPSA) is 97.4 Å². The van der Waals surface area contributed by atoms with E-state index in [0.717, 1.165) is 0 Å². The lowest BCUT2D eigenvalue weighted by atomic mass is 10.4. The third-order valence-corrected chi connectivity index (χ3v) is 1.46. The van der Waals surface area contributed by atoms with E-state index >= 15 is 0 Å². The van der Waals surface area contributed by atoms with Gasteiger partial charge in [0.15, 0.2) is 0 Å². The lowest BCUT2D eigenvalue weighted by Gasteiger charge is -2.02. The van der Waals surface area contributed by atoms with Crippen LogP contribution in [0.5, 0.6) is 0 Å². The van der Waals surface area contributed by atoms with Crippen molar-refractivity contribution in [2.24, 2.45) is 5.73 Å². The first-order valence-electron chi connectivity index (χ1n) is 4.01. The van der Waals surface area contributed by atoms with Crippen molar-refractivity contribution in [1.29, 1.82) is 0 Å². The van der Waals surface area contributed by atoms with Gasteiger partial charge in [0.1, 0.15) is 5.76 Å². The molecule has 6 nitrogen and oxygen atoms in total. The van der Waals surface area contributed by atoms with Crippen LogP contribution in [0.25, 0.3) is 0 Å². The summed E-state index contributed by atoms with van der Waals surface area (Å²) in [7, 11) is 0. The summed E-state index contributed by atoms with van der Waals surface area (Å²) < 4.78 is 4.98. The highest BCUT2D eigenvalue weighted by Crippen LogP contribution is 1.97. The zero-order valence-electron chi connectivity index (χ0n) is 7.45. The smallest absolute Gasteiger partial charge is 0.312 e. The Balaban J connectivity index is 2.18. The molecule has 1 aromatic heterocycles. The van der Waals surface area contributed by atoms with Crippen molar-refractivity contribution in [3.05, 3.63) is 24.2 Å². The van der Waals surface area contributed by atoms with E-state index in [1.54, 1.807) is 12.1 Å². The standard InChI is InChI=1S/C8H11N3O3/c9-8(13)11-5-7(12)10-4-6-2-1-3-14-6/h1-3H,4-5H2,(H,10,12)(H3,9,11,13). The molecule has 6 heteroatoms. The lowest BCUT2D eigenvalue weighted by Crippen LogP contribution is -2.39. The van der Waals surface area contributed by atoms with Gasteiger partial charge in [-0.1, -0.05) is 0 Å². The number of furan rings is 1. The molecule has 76 valence electrons. The van der Waals surface area contributed by atoms with Crippen LogP contribution in [0.2, 0.25) is 0 Å². The molecular formula is C8H11N3O3. The highest BCUT2D eigenvalue weighted by atomic mass is 16.3. The summed E-state index contributed by atoms with van der Waals surface area (Å²) in [6.07, 6.45) is 1.52. The minimum atomic E-state index is -0.724. The maximum Gasteiger partial charge on any atom is 0.312 e. The number of amides is 3. The van der Waals surface area contributed by atoms with Gasteiger partial charge in [0.2, 0.25) is 5.91 Å². The zero-order chi connectivity index (χ0) is 10.4. The molecule has 0 saturated carbocycles. The summed E-state index contributed by atoms with van der Waals surface area (Å²) in [5, 5.41) is 4.71. The third kappa shape index (κ3) is 3.61. The highest BCUT2D eigenvalue weighted by molar-refractivity contribution is 5.83. The van der Waals surface area contributed by atoms with Crippen LogP contribution in [-0.2, 0) is 11.3 Å². The number of nitrogens with one attached hydrogen (secondary N) is 2. The zero-order valence-corrected chi connectivity index (χ0v) is 7.45. The molecule has 1 rings (SSSR count). The number of carbonyl (C=O) groups is 2. The number of nitrogens with two attached hydrogens (primary N) is 1. The van der Waals surface area contributed by atoms with E-state index < -0.39 is 6.03 Å². The Morgan fingerprint density at radius 3 is 2.79 bits per heavy atom. The molecule has 4 N–H and O–H groups in total. The second-order valence-electron chi connectivity index (χ2n) is 2.57. The number of carbonyl (C=O) groups excluding carboxylic acids is 2. The van der Waals surface area contributed by atoms with Crippen molar-refractivity contribution >= 4 is 11.9 Å². The van der Waals surface area contributed by atoms with Gasteiger partial charge in [-0.15, -0.1) is 0 Å². The van der Waals surface area contributed by atoms with E-state index in [4.69, 9.17) is 10.2 Å². The van der Waals surface area contributed by atoms with Crippen LogP contribution in [0.3, 0.4) is 0 Å². The largest absolute Gasteiger partial charge is 0.467 e. The Morgan fingerprint density at radius 1 is 1.43 bits per heavy atom. The van der Waals surface area contributed by atoms with Gasteiger partial charge in [-0.05, 0) is 12.1 Å². The molecule has 14 heavy (non-hydrogen) atoms. The summed E-state index contributed by atoms with van der Waals surface area (Å²) in [5.74, 6) is 0.331. The fraction of sp³-hybridized carbons (Fsp3) is 0.250. The molecule has 0 bridgehead atoms. The maximum absolute atomic E-state index is 11.0. The Bertz CT molecular complexity index is 308. The average Bonchev–Trinajstić information content (AvgIpc) is 2.63. The van der Waals surface area contributed by atoms with E-state index in [-0.39, 0.29) is 12.5 Å². The molecule has 0 radical (unpaired) electrons. The van der Waals surface area contributed by atoms with Gasteiger partial charge >= 0.3 is 6.03 Å². The normalized spacial score (nSPS) is 9.43. The van der Waals surface area contributed by atoms with Crippen molar-refractivity contribution in [3.8, 4) is 0 Å². The second-order valence-corrected chi connectivity index (χ2v) is 2.57. The van der Waals surface area contributed by atoms with Crippen LogP contribution in [0.1, 0.15) is 5.76 Å². The Labute approximate surface area is 80.4 Å². The molecule has 0 spiro atoms. The summed E-state index contributed by atoms with van der Waals surface area (Å²) >= 11 is 0. The summed E-state index contributed by atoms with van der Waals surface area (Å²) in [6.45, 7) is 0.169. The van der Waals surface area contributed by atoms with Crippen LogP contribution >= 0.6 is 0 Å². The molecule has 0 aliphatic rings. The van der Waals surface area contributed by atoms with Gasteiger partial charge in [-0.3, -0.25) is 4.79 Å². The highest BCUT2D eigenvalue weighted by Gasteiger charge is 2.02. The van der Waals surface area contributed by atoms with Crippen LogP contribution in [0.4, 0.5) is 4.79 Å². The number of rotatable bonds is 4. The number of hydrogen-bond donors (Lipinski definition) is 3. The van der Waals surface area contributed by atoms with Crippen molar-refractivity contribution in [2.45, 2.75) is 6.54 Å². The molecule has 0 saturated heterocycles. The quantitative estimate of drug-likeness (QED) is 0.610. The first-order chi connectivity index (χ1) is 6.68. The third-order valence-electron chi connectivity index (χ3n) is 1.46. The van der Waals surface area contributed by atoms with E-state index in [1.165, 1.54) is 6.26 Å². The minimum Gasteiger partial charge on any atom is -0.467 e. The molecular weight excluding hydrogens is 186 g/mol. The average molecular weight is 197 g/mol. The molecule has 1 heterocycles. The van der Waals surface area contributed by atoms with Gasteiger partial charge < -0.3 is 20.8 Å². The van der Waals surface area contributed by atoms with Crippen LogP contribution in [0.15, 0.2) is 22.8 Å². The monoisotopic (exact) mass is 197 g/mol. The molecule has 0 unspecified atom stereocenters. The fourth-order valence-electron chi connectivity index (χ4n) is 0.829. The van der Waals surface area contributed by atoms with Gasteiger partial charge in [-0.25, -0.2) is 4.79 Å². The minimum absolute atomic E-state index is 0.129. The molecule has 3 amide bonds. The van der Waals surface area contributed by atoms with Gasteiger partial charge in [0, 0.05) is 0 Å². The van der Waals surface area contributed by atoms with Crippen molar-refractivity contribution in [3.63, 3.8) is 0 Å². The first kappa shape index (κ1) is 10.1. The van der Waals surface area contributed by atoms with E-state index in [1.807, 2.05) is 0 Å². The number of urea groups is 1. The van der Waals surface area contributed by atoms with E-state index in [0.29, 0.717) is 12.3 Å². The van der Waals surface area contributed by atoms with Crippen LogP contribution < -0.4 is 16.4 Å². The second kappa shape index (κ2) is 4.90. The van der Waals surface area contributed by atoms with E-state index in [2.05, 4.69) is 10.6 Å². The van der Waals surface area contributed by atoms with E-state index in [9.17, 15) is 9.59 Å². The predicted molar refractivity (Wildman–Crippen MR) is 48.1 cm³/mol. The van der Waals surface area contributed by atoms with Gasteiger partial charge in [0.25, 0.3) is 0 Å². The maximum atomic E-state index is 11.0. The molecule has 0 fully saturated rings. The Morgan fingerprint density at radius 2 is 2.21 bits per heavy atom.